The SMILES string of the molecule is O=C(NC1CCOC12CCN(c1cnc3c(Sc4cccnc4C(F)(F)F)nn(C4CCCCO4)c3n1)CC2)OCc1ccccc1. The minimum Gasteiger partial charge on any atom is -0.445 e. The van der Waals surface area contributed by atoms with Crippen molar-refractivity contribution in [3.63, 3.8) is 0 Å². The van der Waals surface area contributed by atoms with Gasteiger partial charge in [0.05, 0.1) is 17.8 Å². The van der Waals surface area contributed by atoms with Crippen molar-refractivity contribution in [1.29, 1.82) is 0 Å². The predicted molar refractivity (Wildman–Crippen MR) is 166 cm³/mol. The molecular formula is C32H34F3N7O4S. The molecule has 3 aliphatic heterocycles. The Morgan fingerprint density at radius 2 is 1.89 bits per heavy atom. The molecule has 0 bridgehead atoms. The van der Waals surface area contributed by atoms with Crippen molar-refractivity contribution in [3.8, 4) is 0 Å². The number of fused-ring (bicyclic) bond motifs is 1. The highest BCUT2D eigenvalue weighted by Gasteiger charge is 2.47. The number of amides is 1. The molecule has 3 aromatic heterocycles. The van der Waals surface area contributed by atoms with E-state index in [-0.39, 0.29) is 17.5 Å². The lowest BCUT2D eigenvalue weighted by atomic mass is 9.84. The summed E-state index contributed by atoms with van der Waals surface area (Å²) in [5.41, 5.74) is 0.279. The number of anilines is 1. The molecule has 2 atom stereocenters. The first kappa shape index (κ1) is 31.6. The lowest BCUT2D eigenvalue weighted by Gasteiger charge is -2.42. The van der Waals surface area contributed by atoms with E-state index in [9.17, 15) is 18.0 Å². The number of benzene rings is 1. The van der Waals surface area contributed by atoms with E-state index in [1.165, 1.54) is 12.1 Å². The van der Waals surface area contributed by atoms with E-state index < -0.39 is 29.8 Å². The summed E-state index contributed by atoms with van der Waals surface area (Å²) in [5, 5.41) is 8.03. The number of hydrogen-bond donors (Lipinski definition) is 1. The van der Waals surface area contributed by atoms with E-state index in [0.29, 0.717) is 74.0 Å². The van der Waals surface area contributed by atoms with Crippen molar-refractivity contribution in [3.05, 3.63) is 66.1 Å². The summed E-state index contributed by atoms with van der Waals surface area (Å²) in [6.07, 6.45) is 1.86. The normalized spacial score (nSPS) is 21.3. The number of nitrogens with zero attached hydrogens (tertiary/aromatic N) is 6. The molecule has 15 heteroatoms. The first-order valence-corrected chi connectivity index (χ1v) is 16.5. The van der Waals surface area contributed by atoms with Crippen molar-refractivity contribution in [1.82, 2.24) is 30.0 Å². The molecule has 7 rings (SSSR count). The van der Waals surface area contributed by atoms with E-state index in [1.807, 2.05) is 30.3 Å². The first-order valence-electron chi connectivity index (χ1n) is 15.7. The van der Waals surface area contributed by atoms with Crippen LogP contribution in [0.5, 0.6) is 0 Å². The lowest BCUT2D eigenvalue weighted by Crippen LogP contribution is -2.55. The molecule has 47 heavy (non-hydrogen) atoms. The van der Waals surface area contributed by atoms with Gasteiger partial charge >= 0.3 is 12.3 Å². The number of ether oxygens (including phenoxy) is 3. The van der Waals surface area contributed by atoms with E-state index >= 15 is 0 Å². The van der Waals surface area contributed by atoms with Gasteiger partial charge in [-0.1, -0.05) is 42.1 Å². The first-order chi connectivity index (χ1) is 22.8. The van der Waals surface area contributed by atoms with Gasteiger partial charge in [-0.2, -0.15) is 18.3 Å². The van der Waals surface area contributed by atoms with Crippen molar-refractivity contribution >= 4 is 34.8 Å². The molecular weight excluding hydrogens is 635 g/mol. The van der Waals surface area contributed by atoms with Gasteiger partial charge in [0.25, 0.3) is 0 Å². The molecule has 1 amide bonds. The minimum absolute atomic E-state index is 0.0630. The van der Waals surface area contributed by atoms with Crippen molar-refractivity contribution < 1.29 is 32.2 Å². The monoisotopic (exact) mass is 669 g/mol. The van der Waals surface area contributed by atoms with Crippen LogP contribution >= 0.6 is 11.8 Å². The van der Waals surface area contributed by atoms with Gasteiger partial charge in [-0.3, -0.25) is 4.98 Å². The van der Waals surface area contributed by atoms with Gasteiger partial charge in [0, 0.05) is 37.4 Å². The zero-order valence-corrected chi connectivity index (χ0v) is 26.3. The number of nitrogens with one attached hydrogen (secondary N) is 1. The number of alkyl carbamates (subject to hydrolysis) is 1. The summed E-state index contributed by atoms with van der Waals surface area (Å²) in [6, 6.07) is 12.2. The molecule has 11 nitrogen and oxygen atoms in total. The quantitative estimate of drug-likeness (QED) is 0.246. The van der Waals surface area contributed by atoms with Crippen LogP contribution in [-0.4, -0.2) is 68.8 Å². The van der Waals surface area contributed by atoms with Gasteiger partial charge in [-0.05, 0) is 56.2 Å². The number of piperidine rings is 1. The average molecular weight is 670 g/mol. The number of pyridine rings is 1. The predicted octanol–water partition coefficient (Wildman–Crippen LogP) is 6.14. The van der Waals surface area contributed by atoms with Gasteiger partial charge in [0.1, 0.15) is 17.9 Å². The number of alkyl halides is 3. The van der Waals surface area contributed by atoms with Crippen LogP contribution in [0.1, 0.15) is 56.0 Å². The fourth-order valence-corrected chi connectivity index (χ4v) is 7.45. The van der Waals surface area contributed by atoms with E-state index in [2.05, 4.69) is 20.2 Å². The fourth-order valence-electron chi connectivity index (χ4n) is 6.46. The maximum absolute atomic E-state index is 13.7. The Bertz CT molecular complexity index is 1710. The summed E-state index contributed by atoms with van der Waals surface area (Å²) in [4.78, 5) is 27.9. The number of carbonyl (C=O) groups excluding carboxylic acids is 1. The highest BCUT2D eigenvalue weighted by molar-refractivity contribution is 7.99. The largest absolute Gasteiger partial charge is 0.445 e. The molecule has 0 saturated carbocycles. The molecule has 0 aliphatic carbocycles. The zero-order chi connectivity index (χ0) is 32.4. The number of halogens is 3. The number of aromatic nitrogens is 5. The average Bonchev–Trinajstić information content (AvgIpc) is 3.64. The smallest absolute Gasteiger partial charge is 0.434 e. The molecule has 2 unspecified atom stereocenters. The molecule has 1 spiro atoms. The molecule has 1 aromatic carbocycles. The topological polar surface area (TPSA) is 117 Å². The van der Waals surface area contributed by atoms with Gasteiger partial charge < -0.3 is 24.4 Å². The highest BCUT2D eigenvalue weighted by atomic mass is 32.2. The van der Waals surface area contributed by atoms with E-state index in [4.69, 9.17) is 24.3 Å². The Morgan fingerprint density at radius 3 is 2.66 bits per heavy atom. The molecule has 3 saturated heterocycles. The van der Waals surface area contributed by atoms with Crippen LogP contribution in [0.15, 0.2) is 64.8 Å². The molecule has 3 fully saturated rings. The standard InChI is InChI=1S/C32H34F3N7O4S/c33-32(34,35)27-22(9-6-14-36-27)47-29-26-28(42(40-29)25-10-4-5-17-44-25)39-24(19-37-26)41-15-12-31(13-16-41)23(11-18-46-31)38-30(43)45-20-21-7-2-1-3-8-21/h1-3,6-9,14,19,23,25H,4-5,10-13,15-18,20H2,(H,38,43). The van der Waals surface area contributed by atoms with E-state index in [0.717, 1.165) is 36.4 Å². The van der Waals surface area contributed by atoms with Gasteiger partial charge in [0.15, 0.2) is 22.6 Å². The third-order valence-corrected chi connectivity index (χ3v) is 9.92. The Kier molecular flexibility index (Phi) is 8.94. The maximum Gasteiger partial charge on any atom is 0.434 e. The van der Waals surface area contributed by atoms with Crippen molar-refractivity contribution in [2.24, 2.45) is 0 Å². The van der Waals surface area contributed by atoms with E-state index in [1.54, 1.807) is 10.9 Å². The lowest BCUT2D eigenvalue weighted by molar-refractivity contribution is -0.143. The van der Waals surface area contributed by atoms with Gasteiger partial charge in [-0.25, -0.2) is 19.4 Å². The Labute approximate surface area is 273 Å². The van der Waals surface area contributed by atoms with Gasteiger partial charge in [-0.15, -0.1) is 0 Å². The zero-order valence-electron chi connectivity index (χ0n) is 25.5. The number of rotatable bonds is 7. The van der Waals surface area contributed by atoms with Crippen molar-refractivity contribution in [2.75, 3.05) is 31.2 Å². The van der Waals surface area contributed by atoms with Crippen LogP contribution in [-0.2, 0) is 27.0 Å². The number of hydrogen-bond acceptors (Lipinski definition) is 10. The molecule has 3 aliphatic rings. The summed E-state index contributed by atoms with van der Waals surface area (Å²) in [5.74, 6) is 0.628. The molecule has 0 radical (unpaired) electrons. The third kappa shape index (κ3) is 6.74. The highest BCUT2D eigenvalue weighted by Crippen LogP contribution is 2.41. The van der Waals surface area contributed by atoms with Crippen LogP contribution in [0.25, 0.3) is 11.2 Å². The summed E-state index contributed by atoms with van der Waals surface area (Å²) >= 11 is 0.869. The van der Waals surface area contributed by atoms with Gasteiger partial charge in [0.2, 0.25) is 0 Å². The Morgan fingerprint density at radius 1 is 1.06 bits per heavy atom. The van der Waals surface area contributed by atoms with Crippen LogP contribution in [0.4, 0.5) is 23.8 Å². The summed E-state index contributed by atoms with van der Waals surface area (Å²) < 4.78 is 60.6. The second-order valence-electron chi connectivity index (χ2n) is 11.9. The molecule has 6 heterocycles. The second-order valence-corrected chi connectivity index (χ2v) is 12.9. The van der Waals surface area contributed by atoms with Crippen LogP contribution in [0.3, 0.4) is 0 Å². The Hall–Kier alpha value is -3.95. The van der Waals surface area contributed by atoms with Crippen molar-refractivity contribution in [2.45, 2.75) is 79.1 Å². The van der Waals surface area contributed by atoms with Crippen LogP contribution in [0.2, 0.25) is 0 Å². The molecule has 4 aromatic rings. The molecule has 248 valence electrons. The molecule has 1 N–H and O–H groups in total. The van der Waals surface area contributed by atoms with Crippen LogP contribution < -0.4 is 10.2 Å². The fraction of sp³-hybridized carbons (Fsp3) is 0.469. The second kappa shape index (κ2) is 13.3. The number of carbonyl (C=O) groups is 1. The third-order valence-electron chi connectivity index (χ3n) is 8.90. The maximum atomic E-state index is 13.7. The Balaban J connectivity index is 1.08. The summed E-state index contributed by atoms with van der Waals surface area (Å²) in [6.45, 7) is 2.51. The summed E-state index contributed by atoms with van der Waals surface area (Å²) in [7, 11) is 0. The van der Waals surface area contributed by atoms with Crippen LogP contribution in [0, 0.1) is 0 Å². The minimum atomic E-state index is -4.61.